The molecule has 0 radical (unpaired) electrons. The minimum atomic E-state index is 0.0000334. The van der Waals surface area contributed by atoms with Crippen molar-refractivity contribution in [1.29, 1.82) is 0 Å². The van der Waals surface area contributed by atoms with E-state index >= 15 is 0 Å². The standard InChI is InChI=1S/C17H25ClN2O/c1-12(13-7-5-4-6-8-13)19-16-11-14(9-10-15(16)18)17(21)20(2)3/h9-13,19H,4-8H2,1-3H3. The van der Waals surface area contributed by atoms with Gasteiger partial charge < -0.3 is 10.2 Å². The van der Waals surface area contributed by atoms with Crippen LogP contribution in [0.15, 0.2) is 18.2 Å². The number of halogens is 1. The lowest BCUT2D eigenvalue weighted by molar-refractivity contribution is 0.0827. The van der Waals surface area contributed by atoms with Crippen LogP contribution in [0.25, 0.3) is 0 Å². The van der Waals surface area contributed by atoms with Crippen molar-refractivity contribution < 1.29 is 4.79 Å². The summed E-state index contributed by atoms with van der Waals surface area (Å²) in [6.45, 7) is 2.22. The van der Waals surface area contributed by atoms with Crippen molar-refractivity contribution in [1.82, 2.24) is 4.90 Å². The van der Waals surface area contributed by atoms with Crippen molar-refractivity contribution >= 4 is 23.2 Å². The lowest BCUT2D eigenvalue weighted by atomic mass is 9.84. The van der Waals surface area contributed by atoms with E-state index in [1.807, 2.05) is 6.07 Å². The van der Waals surface area contributed by atoms with E-state index in [4.69, 9.17) is 11.6 Å². The van der Waals surface area contributed by atoms with Crippen molar-refractivity contribution in [2.75, 3.05) is 19.4 Å². The molecule has 1 amide bonds. The quantitative estimate of drug-likeness (QED) is 0.893. The normalized spacial score (nSPS) is 17.3. The SMILES string of the molecule is CC(Nc1cc(C(=O)N(C)C)ccc1Cl)C1CCCCC1. The molecule has 1 atom stereocenters. The molecule has 21 heavy (non-hydrogen) atoms. The molecule has 1 aromatic rings. The molecule has 0 heterocycles. The largest absolute Gasteiger partial charge is 0.381 e. The second kappa shape index (κ2) is 7.17. The van der Waals surface area contributed by atoms with Gasteiger partial charge >= 0.3 is 0 Å². The van der Waals surface area contributed by atoms with E-state index in [1.165, 1.54) is 32.1 Å². The Balaban J connectivity index is 2.11. The van der Waals surface area contributed by atoms with E-state index in [0.717, 1.165) is 5.69 Å². The zero-order valence-electron chi connectivity index (χ0n) is 13.2. The van der Waals surface area contributed by atoms with Crippen molar-refractivity contribution in [3.63, 3.8) is 0 Å². The zero-order valence-corrected chi connectivity index (χ0v) is 13.9. The fourth-order valence-electron chi connectivity index (χ4n) is 3.02. The van der Waals surface area contributed by atoms with Crippen LogP contribution in [0.5, 0.6) is 0 Å². The summed E-state index contributed by atoms with van der Waals surface area (Å²) in [5.41, 5.74) is 1.53. The highest BCUT2D eigenvalue weighted by Crippen LogP contribution is 2.30. The van der Waals surface area contributed by atoms with Gasteiger partial charge in [-0.25, -0.2) is 0 Å². The van der Waals surface area contributed by atoms with E-state index in [9.17, 15) is 4.79 Å². The van der Waals surface area contributed by atoms with Gasteiger partial charge in [0.1, 0.15) is 0 Å². The van der Waals surface area contributed by atoms with Crippen LogP contribution in [-0.2, 0) is 0 Å². The first-order valence-electron chi connectivity index (χ1n) is 7.77. The van der Waals surface area contributed by atoms with E-state index in [1.54, 1.807) is 31.1 Å². The molecule has 0 aromatic heterocycles. The third kappa shape index (κ3) is 4.13. The van der Waals surface area contributed by atoms with Gasteiger partial charge in [0.05, 0.1) is 10.7 Å². The number of rotatable bonds is 4. The third-order valence-electron chi connectivity index (χ3n) is 4.36. The van der Waals surface area contributed by atoms with Crippen molar-refractivity contribution in [3.8, 4) is 0 Å². The van der Waals surface area contributed by atoms with Crippen LogP contribution in [-0.4, -0.2) is 30.9 Å². The van der Waals surface area contributed by atoms with Gasteiger partial charge in [-0.2, -0.15) is 0 Å². The summed E-state index contributed by atoms with van der Waals surface area (Å²) in [5.74, 6) is 0.697. The smallest absolute Gasteiger partial charge is 0.253 e. The number of nitrogens with zero attached hydrogens (tertiary/aromatic N) is 1. The van der Waals surface area contributed by atoms with Crippen LogP contribution in [0, 0.1) is 5.92 Å². The Hall–Kier alpha value is -1.22. The van der Waals surface area contributed by atoms with Crippen LogP contribution < -0.4 is 5.32 Å². The fourth-order valence-corrected chi connectivity index (χ4v) is 3.20. The van der Waals surface area contributed by atoms with Crippen molar-refractivity contribution in [2.45, 2.75) is 45.1 Å². The van der Waals surface area contributed by atoms with Crippen LogP contribution in [0.4, 0.5) is 5.69 Å². The Morgan fingerprint density at radius 2 is 1.95 bits per heavy atom. The molecule has 116 valence electrons. The van der Waals surface area contributed by atoms with Gasteiger partial charge in [-0.15, -0.1) is 0 Å². The molecule has 1 fully saturated rings. The Labute approximate surface area is 132 Å². The maximum atomic E-state index is 12.1. The lowest BCUT2D eigenvalue weighted by Gasteiger charge is -2.29. The number of amides is 1. The highest BCUT2D eigenvalue weighted by atomic mass is 35.5. The number of hydrogen-bond acceptors (Lipinski definition) is 2. The minimum absolute atomic E-state index is 0.0000334. The van der Waals surface area contributed by atoms with E-state index in [-0.39, 0.29) is 5.91 Å². The number of carbonyl (C=O) groups excluding carboxylic acids is 1. The Bertz CT molecular complexity index is 496. The summed E-state index contributed by atoms with van der Waals surface area (Å²) >= 11 is 6.28. The molecule has 0 spiro atoms. The van der Waals surface area contributed by atoms with E-state index in [2.05, 4.69) is 12.2 Å². The molecule has 0 bridgehead atoms. The number of anilines is 1. The average molecular weight is 309 g/mol. The van der Waals surface area contributed by atoms with E-state index < -0.39 is 0 Å². The first-order valence-corrected chi connectivity index (χ1v) is 8.14. The zero-order chi connectivity index (χ0) is 15.4. The fraction of sp³-hybridized carbons (Fsp3) is 0.588. The van der Waals surface area contributed by atoms with Gasteiger partial charge in [0.15, 0.2) is 0 Å². The summed E-state index contributed by atoms with van der Waals surface area (Å²) in [6, 6.07) is 5.83. The minimum Gasteiger partial charge on any atom is -0.381 e. The third-order valence-corrected chi connectivity index (χ3v) is 4.69. The predicted molar refractivity (Wildman–Crippen MR) is 89.1 cm³/mol. The number of benzene rings is 1. The van der Waals surface area contributed by atoms with Crippen molar-refractivity contribution in [2.24, 2.45) is 5.92 Å². The lowest BCUT2D eigenvalue weighted by Crippen LogP contribution is -2.28. The van der Waals surface area contributed by atoms with Gasteiger partial charge in [-0.05, 0) is 43.9 Å². The van der Waals surface area contributed by atoms with Crippen LogP contribution >= 0.6 is 11.6 Å². The molecule has 1 unspecified atom stereocenters. The molecule has 4 heteroatoms. The topological polar surface area (TPSA) is 32.3 Å². The number of carbonyl (C=O) groups is 1. The highest BCUT2D eigenvalue weighted by Gasteiger charge is 2.21. The maximum Gasteiger partial charge on any atom is 0.253 e. The molecule has 0 saturated heterocycles. The molecule has 1 aliphatic rings. The summed E-state index contributed by atoms with van der Waals surface area (Å²) in [6.07, 6.45) is 6.56. The molecule has 0 aliphatic heterocycles. The first kappa shape index (κ1) is 16.2. The Morgan fingerprint density at radius 1 is 1.29 bits per heavy atom. The summed E-state index contributed by atoms with van der Waals surface area (Å²) in [5, 5.41) is 4.19. The molecular weight excluding hydrogens is 284 g/mol. The van der Waals surface area contributed by atoms with Crippen molar-refractivity contribution in [3.05, 3.63) is 28.8 Å². The van der Waals surface area contributed by atoms with Crippen LogP contribution in [0.3, 0.4) is 0 Å². The van der Waals surface area contributed by atoms with Gasteiger partial charge in [-0.1, -0.05) is 30.9 Å². The highest BCUT2D eigenvalue weighted by molar-refractivity contribution is 6.33. The predicted octanol–water partition coefficient (Wildman–Crippen LogP) is 4.42. The Morgan fingerprint density at radius 3 is 2.57 bits per heavy atom. The van der Waals surface area contributed by atoms with Gasteiger partial charge in [0, 0.05) is 25.7 Å². The van der Waals surface area contributed by atoms with Crippen LogP contribution in [0.1, 0.15) is 49.4 Å². The monoisotopic (exact) mass is 308 g/mol. The van der Waals surface area contributed by atoms with Gasteiger partial charge in [0.2, 0.25) is 0 Å². The molecule has 3 nitrogen and oxygen atoms in total. The number of hydrogen-bond donors (Lipinski definition) is 1. The second-order valence-electron chi connectivity index (χ2n) is 6.23. The second-order valence-corrected chi connectivity index (χ2v) is 6.63. The molecule has 2 rings (SSSR count). The first-order chi connectivity index (χ1) is 9.99. The summed E-state index contributed by atoms with van der Waals surface area (Å²) in [7, 11) is 3.52. The average Bonchev–Trinajstić information content (AvgIpc) is 2.49. The molecule has 1 aliphatic carbocycles. The summed E-state index contributed by atoms with van der Waals surface area (Å²) in [4.78, 5) is 13.6. The number of nitrogens with one attached hydrogen (secondary N) is 1. The molecule has 1 N–H and O–H groups in total. The molecule has 1 aromatic carbocycles. The molecule has 1 saturated carbocycles. The maximum absolute atomic E-state index is 12.1. The van der Waals surface area contributed by atoms with E-state index in [0.29, 0.717) is 22.5 Å². The Kier molecular flexibility index (Phi) is 5.51. The van der Waals surface area contributed by atoms with Crippen LogP contribution in [0.2, 0.25) is 5.02 Å². The summed E-state index contributed by atoms with van der Waals surface area (Å²) < 4.78 is 0. The molecular formula is C17H25ClN2O. The van der Waals surface area contributed by atoms with Gasteiger partial charge in [0.25, 0.3) is 5.91 Å². The van der Waals surface area contributed by atoms with Gasteiger partial charge in [-0.3, -0.25) is 4.79 Å².